The van der Waals surface area contributed by atoms with Gasteiger partial charge in [0.15, 0.2) is 5.79 Å². The van der Waals surface area contributed by atoms with Gasteiger partial charge in [0.05, 0.1) is 13.2 Å². The lowest BCUT2D eigenvalue weighted by Crippen LogP contribution is -2.54. The van der Waals surface area contributed by atoms with E-state index in [0.717, 1.165) is 32.0 Å². The van der Waals surface area contributed by atoms with Gasteiger partial charge in [-0.1, -0.05) is 19.1 Å². The Morgan fingerprint density at radius 1 is 1.44 bits per heavy atom. The maximum absolute atomic E-state index is 10.8. The first-order valence-electron chi connectivity index (χ1n) is 6.93. The van der Waals surface area contributed by atoms with Crippen molar-refractivity contribution in [1.82, 2.24) is 0 Å². The zero-order chi connectivity index (χ0) is 13.2. The van der Waals surface area contributed by atoms with Gasteiger partial charge in [0, 0.05) is 18.3 Å². The van der Waals surface area contributed by atoms with E-state index in [1.165, 1.54) is 5.57 Å². The van der Waals surface area contributed by atoms with Gasteiger partial charge in [-0.15, -0.1) is 0 Å². The molecule has 1 spiro atoms. The average molecular weight is 252 g/mol. The van der Waals surface area contributed by atoms with Crippen molar-refractivity contribution < 1.29 is 14.3 Å². The van der Waals surface area contributed by atoms with E-state index in [9.17, 15) is 4.79 Å². The molecular weight excluding hydrogens is 228 g/mol. The second-order valence-electron chi connectivity index (χ2n) is 5.86. The fraction of sp³-hybridized carbons (Fsp3) is 0.800. The smallest absolute Gasteiger partial charge is 0.174 e. The summed E-state index contributed by atoms with van der Waals surface area (Å²) in [5.41, 5.74) is 1.05. The Labute approximate surface area is 110 Å². The molecular formula is C15H24O3. The number of hydrogen-bond donors (Lipinski definition) is 0. The van der Waals surface area contributed by atoms with Crippen LogP contribution in [0.25, 0.3) is 0 Å². The summed E-state index contributed by atoms with van der Waals surface area (Å²) in [5, 5.41) is 0. The highest BCUT2D eigenvalue weighted by atomic mass is 16.7. The second kappa shape index (κ2) is 5.14. The van der Waals surface area contributed by atoms with Crippen LogP contribution in [-0.2, 0) is 14.3 Å². The first-order valence-corrected chi connectivity index (χ1v) is 6.93. The summed E-state index contributed by atoms with van der Waals surface area (Å²) >= 11 is 0. The van der Waals surface area contributed by atoms with E-state index in [4.69, 9.17) is 9.47 Å². The quantitative estimate of drug-likeness (QED) is 0.569. The standard InChI is InChI=1S/C15H24O3/c1-12(2)13-6-4-8-15(17-10-11-18-15)14(13,3)7-5-9-16/h9,13H,1,4-8,10-11H2,2-3H3/t13-,14-/m0/s1. The van der Waals surface area contributed by atoms with Crippen LogP contribution in [0.4, 0.5) is 0 Å². The molecule has 1 saturated heterocycles. The zero-order valence-electron chi connectivity index (χ0n) is 11.5. The lowest BCUT2D eigenvalue weighted by atomic mass is 9.59. The Balaban J connectivity index is 2.32. The van der Waals surface area contributed by atoms with E-state index in [0.29, 0.717) is 25.6 Å². The molecule has 2 aliphatic rings. The van der Waals surface area contributed by atoms with Crippen molar-refractivity contribution in [3.8, 4) is 0 Å². The normalized spacial score (nSPS) is 34.7. The molecule has 2 atom stereocenters. The molecule has 0 radical (unpaired) electrons. The summed E-state index contributed by atoms with van der Waals surface area (Å²) in [6.07, 6.45) is 5.54. The average Bonchev–Trinajstić information content (AvgIpc) is 2.80. The maximum atomic E-state index is 10.8. The van der Waals surface area contributed by atoms with Crippen LogP contribution in [0, 0.1) is 11.3 Å². The van der Waals surface area contributed by atoms with Gasteiger partial charge in [-0.2, -0.15) is 0 Å². The van der Waals surface area contributed by atoms with Crippen molar-refractivity contribution >= 4 is 6.29 Å². The van der Waals surface area contributed by atoms with Crippen molar-refractivity contribution in [2.24, 2.45) is 11.3 Å². The maximum Gasteiger partial charge on any atom is 0.174 e. The first-order chi connectivity index (χ1) is 8.56. The molecule has 2 fully saturated rings. The number of aldehydes is 1. The molecule has 1 saturated carbocycles. The van der Waals surface area contributed by atoms with Crippen LogP contribution in [0.15, 0.2) is 12.2 Å². The van der Waals surface area contributed by atoms with Gasteiger partial charge >= 0.3 is 0 Å². The molecule has 3 heteroatoms. The number of ether oxygens (including phenoxy) is 2. The van der Waals surface area contributed by atoms with Gasteiger partial charge in [0.1, 0.15) is 6.29 Å². The Kier molecular flexibility index (Phi) is 3.93. The number of allylic oxidation sites excluding steroid dienone is 1. The summed E-state index contributed by atoms with van der Waals surface area (Å²) in [7, 11) is 0. The summed E-state index contributed by atoms with van der Waals surface area (Å²) in [5.74, 6) is -0.109. The monoisotopic (exact) mass is 252 g/mol. The van der Waals surface area contributed by atoms with Gasteiger partial charge in [-0.05, 0) is 32.1 Å². The van der Waals surface area contributed by atoms with Gasteiger partial charge in [0.25, 0.3) is 0 Å². The Morgan fingerprint density at radius 2 is 2.11 bits per heavy atom. The number of hydrogen-bond acceptors (Lipinski definition) is 3. The molecule has 18 heavy (non-hydrogen) atoms. The zero-order valence-corrected chi connectivity index (χ0v) is 11.5. The third-order valence-electron chi connectivity index (χ3n) is 4.77. The molecule has 0 aromatic rings. The molecule has 1 heterocycles. The lowest BCUT2D eigenvalue weighted by Gasteiger charge is -2.53. The van der Waals surface area contributed by atoms with Crippen LogP contribution in [0.5, 0.6) is 0 Å². The first kappa shape index (κ1) is 13.8. The van der Waals surface area contributed by atoms with Gasteiger partial charge in [0.2, 0.25) is 0 Å². The highest BCUT2D eigenvalue weighted by molar-refractivity contribution is 5.49. The molecule has 0 bridgehead atoms. The molecule has 0 aromatic heterocycles. The van der Waals surface area contributed by atoms with Gasteiger partial charge in [-0.3, -0.25) is 0 Å². The molecule has 2 rings (SSSR count). The molecule has 0 N–H and O–H groups in total. The Hall–Kier alpha value is -0.670. The third-order valence-corrected chi connectivity index (χ3v) is 4.77. The minimum Gasteiger partial charge on any atom is -0.347 e. The fourth-order valence-electron chi connectivity index (χ4n) is 3.85. The van der Waals surface area contributed by atoms with Crippen LogP contribution in [-0.4, -0.2) is 25.3 Å². The van der Waals surface area contributed by atoms with Crippen LogP contribution >= 0.6 is 0 Å². The predicted octanol–water partition coefficient (Wildman–Crippen LogP) is 3.09. The molecule has 102 valence electrons. The largest absolute Gasteiger partial charge is 0.347 e. The minimum absolute atomic E-state index is 0.130. The van der Waals surface area contributed by atoms with Gasteiger partial charge < -0.3 is 14.3 Å². The van der Waals surface area contributed by atoms with E-state index in [-0.39, 0.29) is 5.41 Å². The van der Waals surface area contributed by atoms with E-state index < -0.39 is 5.79 Å². The Morgan fingerprint density at radius 3 is 2.67 bits per heavy atom. The summed E-state index contributed by atoms with van der Waals surface area (Å²) in [6.45, 7) is 9.76. The summed E-state index contributed by atoms with van der Waals surface area (Å²) < 4.78 is 12.0. The van der Waals surface area contributed by atoms with E-state index in [1.54, 1.807) is 0 Å². The molecule has 1 aliphatic carbocycles. The number of carbonyl (C=O) groups is 1. The number of carbonyl (C=O) groups excluding carboxylic acids is 1. The highest BCUT2D eigenvalue weighted by Crippen LogP contribution is 2.56. The van der Waals surface area contributed by atoms with Crippen LogP contribution < -0.4 is 0 Å². The minimum atomic E-state index is -0.488. The lowest BCUT2D eigenvalue weighted by molar-refractivity contribution is -0.265. The molecule has 0 amide bonds. The molecule has 0 aromatic carbocycles. The summed E-state index contributed by atoms with van der Waals surface area (Å²) in [4.78, 5) is 10.8. The van der Waals surface area contributed by atoms with Gasteiger partial charge in [-0.25, -0.2) is 0 Å². The van der Waals surface area contributed by atoms with Crippen molar-refractivity contribution in [3.05, 3.63) is 12.2 Å². The molecule has 3 nitrogen and oxygen atoms in total. The second-order valence-corrected chi connectivity index (χ2v) is 5.86. The van der Waals surface area contributed by atoms with Crippen LogP contribution in [0.2, 0.25) is 0 Å². The molecule has 0 unspecified atom stereocenters. The third kappa shape index (κ3) is 2.04. The molecule has 1 aliphatic heterocycles. The summed E-state index contributed by atoms with van der Waals surface area (Å²) in [6, 6.07) is 0. The van der Waals surface area contributed by atoms with Crippen molar-refractivity contribution in [2.45, 2.75) is 51.7 Å². The predicted molar refractivity (Wildman–Crippen MR) is 70.2 cm³/mol. The van der Waals surface area contributed by atoms with Crippen molar-refractivity contribution in [1.29, 1.82) is 0 Å². The topological polar surface area (TPSA) is 35.5 Å². The van der Waals surface area contributed by atoms with Crippen LogP contribution in [0.3, 0.4) is 0 Å². The highest BCUT2D eigenvalue weighted by Gasteiger charge is 2.58. The van der Waals surface area contributed by atoms with E-state index >= 15 is 0 Å². The number of rotatable bonds is 4. The Bertz CT molecular complexity index is 331. The fourth-order valence-corrected chi connectivity index (χ4v) is 3.85. The van der Waals surface area contributed by atoms with Crippen molar-refractivity contribution in [2.75, 3.05) is 13.2 Å². The van der Waals surface area contributed by atoms with Crippen molar-refractivity contribution in [3.63, 3.8) is 0 Å². The van der Waals surface area contributed by atoms with E-state index in [1.807, 2.05) is 0 Å². The van der Waals surface area contributed by atoms with E-state index in [2.05, 4.69) is 20.4 Å². The van der Waals surface area contributed by atoms with Crippen LogP contribution in [0.1, 0.15) is 46.0 Å². The SMILES string of the molecule is C=C(C)[C@@H]1CCCC2(OCCO2)[C@@]1(C)CCC=O.